The average molecular weight is 615 g/mol. The summed E-state index contributed by atoms with van der Waals surface area (Å²) in [5.74, 6) is -2.17. The lowest BCUT2D eigenvalue weighted by atomic mass is 9.94. The third kappa shape index (κ3) is 8.66. The highest BCUT2D eigenvalue weighted by Crippen LogP contribution is 2.32. The molecule has 1 heterocycles. The fraction of sp³-hybridized carbons (Fsp3) is 0.250. The van der Waals surface area contributed by atoms with Gasteiger partial charge in [0.05, 0.1) is 0 Å². The highest BCUT2D eigenvalue weighted by atomic mass is 16.5. The van der Waals surface area contributed by atoms with Gasteiger partial charge in [-0.2, -0.15) is 0 Å². The molecule has 13 heteroatoms. The van der Waals surface area contributed by atoms with Crippen molar-refractivity contribution in [3.63, 3.8) is 0 Å². The SMILES string of the molecule is CC(NC(=O)[C@H]1C[C@@H](c2cccc(C(N)=O)c2)CN1C(=O)O)C(=O)NCc1ccc(C(=N)NC(=O)OCc2ccccc2)cc1. The number of nitrogens with one attached hydrogen (secondary N) is 4. The Bertz CT molecular complexity index is 1580. The van der Waals surface area contributed by atoms with E-state index >= 15 is 0 Å². The highest BCUT2D eigenvalue weighted by molar-refractivity contribution is 6.04. The third-order valence-corrected chi connectivity index (χ3v) is 7.39. The summed E-state index contributed by atoms with van der Waals surface area (Å²) in [7, 11) is 0. The second-order valence-corrected chi connectivity index (χ2v) is 10.6. The molecule has 0 bridgehead atoms. The van der Waals surface area contributed by atoms with Gasteiger partial charge in [0, 0.05) is 30.1 Å². The summed E-state index contributed by atoms with van der Waals surface area (Å²) in [4.78, 5) is 62.3. The van der Waals surface area contributed by atoms with Crippen LogP contribution in [0.1, 0.15) is 51.9 Å². The minimum Gasteiger partial charge on any atom is -0.465 e. The number of amides is 5. The van der Waals surface area contributed by atoms with Crippen LogP contribution in [0.3, 0.4) is 0 Å². The van der Waals surface area contributed by atoms with Gasteiger partial charge in [0.1, 0.15) is 24.5 Å². The van der Waals surface area contributed by atoms with Crippen LogP contribution in [0.5, 0.6) is 0 Å². The first-order valence-corrected chi connectivity index (χ1v) is 14.1. The molecule has 13 nitrogen and oxygen atoms in total. The Balaban J connectivity index is 1.25. The molecule has 234 valence electrons. The van der Waals surface area contributed by atoms with E-state index in [9.17, 15) is 29.1 Å². The molecule has 0 aliphatic carbocycles. The van der Waals surface area contributed by atoms with E-state index in [4.69, 9.17) is 15.9 Å². The van der Waals surface area contributed by atoms with E-state index in [1.165, 1.54) is 6.92 Å². The molecule has 0 radical (unpaired) electrons. The van der Waals surface area contributed by atoms with Gasteiger partial charge in [0.25, 0.3) is 0 Å². The Hall–Kier alpha value is -5.72. The second-order valence-electron chi connectivity index (χ2n) is 10.6. The first kappa shape index (κ1) is 32.2. The molecule has 5 amide bonds. The summed E-state index contributed by atoms with van der Waals surface area (Å²) in [6, 6.07) is 20.3. The molecular formula is C32H34N6O7. The summed E-state index contributed by atoms with van der Waals surface area (Å²) in [5.41, 5.74) is 8.30. The molecular weight excluding hydrogens is 580 g/mol. The number of likely N-dealkylation sites (tertiary alicyclic amines) is 1. The van der Waals surface area contributed by atoms with Gasteiger partial charge in [0.2, 0.25) is 17.7 Å². The van der Waals surface area contributed by atoms with Crippen LogP contribution >= 0.6 is 0 Å². The smallest absolute Gasteiger partial charge is 0.413 e. The molecule has 1 aliphatic heterocycles. The third-order valence-electron chi connectivity index (χ3n) is 7.39. The van der Waals surface area contributed by atoms with Crippen molar-refractivity contribution in [2.24, 2.45) is 5.73 Å². The summed E-state index contributed by atoms with van der Waals surface area (Å²) in [5, 5.41) is 25.5. The Labute approximate surface area is 259 Å². The number of nitrogens with two attached hydrogens (primary N) is 1. The van der Waals surface area contributed by atoms with E-state index in [1.807, 2.05) is 30.3 Å². The number of nitrogens with zero attached hydrogens (tertiary/aromatic N) is 1. The zero-order valence-electron chi connectivity index (χ0n) is 24.5. The summed E-state index contributed by atoms with van der Waals surface area (Å²) in [6.07, 6.45) is -1.85. The lowest BCUT2D eigenvalue weighted by Gasteiger charge is -2.22. The van der Waals surface area contributed by atoms with Crippen molar-refractivity contribution in [2.75, 3.05) is 6.54 Å². The predicted octanol–water partition coefficient (Wildman–Crippen LogP) is 2.69. The number of amidine groups is 1. The first-order valence-electron chi connectivity index (χ1n) is 14.1. The molecule has 1 aliphatic rings. The van der Waals surface area contributed by atoms with Crippen molar-refractivity contribution in [1.29, 1.82) is 5.41 Å². The number of rotatable bonds is 10. The van der Waals surface area contributed by atoms with Gasteiger partial charge in [-0.15, -0.1) is 0 Å². The minimum atomic E-state index is -1.27. The number of primary amides is 1. The Morgan fingerprint density at radius 1 is 0.978 bits per heavy atom. The number of carbonyl (C=O) groups is 5. The van der Waals surface area contributed by atoms with Crippen LogP contribution in [0.2, 0.25) is 0 Å². The molecule has 45 heavy (non-hydrogen) atoms. The quantitative estimate of drug-likeness (QED) is 0.149. The van der Waals surface area contributed by atoms with Crippen molar-refractivity contribution in [1.82, 2.24) is 20.9 Å². The Morgan fingerprint density at radius 3 is 2.36 bits per heavy atom. The van der Waals surface area contributed by atoms with Gasteiger partial charge in [0.15, 0.2) is 0 Å². The molecule has 4 rings (SSSR count). The number of carbonyl (C=O) groups excluding carboxylic acids is 4. The van der Waals surface area contributed by atoms with Crippen LogP contribution in [0.15, 0.2) is 78.9 Å². The van der Waals surface area contributed by atoms with Crippen LogP contribution in [-0.4, -0.2) is 64.4 Å². The van der Waals surface area contributed by atoms with Gasteiger partial charge < -0.3 is 26.2 Å². The van der Waals surface area contributed by atoms with Crippen LogP contribution in [0.4, 0.5) is 9.59 Å². The summed E-state index contributed by atoms with van der Waals surface area (Å²) < 4.78 is 5.13. The van der Waals surface area contributed by atoms with Gasteiger partial charge in [-0.25, -0.2) is 9.59 Å². The fourth-order valence-electron chi connectivity index (χ4n) is 4.92. The molecule has 1 saturated heterocycles. The zero-order valence-corrected chi connectivity index (χ0v) is 24.5. The van der Waals surface area contributed by atoms with E-state index in [0.29, 0.717) is 16.7 Å². The number of alkyl carbamates (subject to hydrolysis) is 1. The largest absolute Gasteiger partial charge is 0.465 e. The van der Waals surface area contributed by atoms with E-state index < -0.39 is 42.0 Å². The maximum atomic E-state index is 13.1. The van der Waals surface area contributed by atoms with Gasteiger partial charge >= 0.3 is 12.2 Å². The number of benzene rings is 3. The van der Waals surface area contributed by atoms with Crippen molar-refractivity contribution in [3.05, 3.63) is 107 Å². The number of hydrogen-bond acceptors (Lipinski definition) is 7. The maximum absolute atomic E-state index is 13.1. The topological polar surface area (TPSA) is 204 Å². The monoisotopic (exact) mass is 614 g/mol. The molecule has 0 aromatic heterocycles. The van der Waals surface area contributed by atoms with E-state index in [1.54, 1.807) is 48.5 Å². The Morgan fingerprint density at radius 2 is 1.69 bits per heavy atom. The zero-order chi connectivity index (χ0) is 32.5. The maximum Gasteiger partial charge on any atom is 0.413 e. The lowest BCUT2D eigenvalue weighted by molar-refractivity contribution is -0.130. The number of hydrogen-bond donors (Lipinski definition) is 6. The highest BCUT2D eigenvalue weighted by Gasteiger charge is 2.41. The summed E-state index contributed by atoms with van der Waals surface area (Å²) in [6.45, 7) is 1.74. The second kappa shape index (κ2) is 14.6. The van der Waals surface area contributed by atoms with E-state index in [2.05, 4.69) is 16.0 Å². The molecule has 7 N–H and O–H groups in total. The Kier molecular flexibility index (Phi) is 10.5. The predicted molar refractivity (Wildman–Crippen MR) is 163 cm³/mol. The van der Waals surface area contributed by atoms with Gasteiger partial charge in [-0.05, 0) is 42.2 Å². The van der Waals surface area contributed by atoms with Crippen molar-refractivity contribution >= 4 is 35.7 Å². The van der Waals surface area contributed by atoms with Crippen molar-refractivity contribution < 1.29 is 33.8 Å². The fourth-order valence-corrected chi connectivity index (χ4v) is 4.92. The number of ether oxygens (including phenoxy) is 1. The molecule has 0 saturated carbocycles. The molecule has 3 aromatic carbocycles. The normalized spacial score (nSPS) is 16.2. The van der Waals surface area contributed by atoms with Crippen LogP contribution < -0.4 is 21.7 Å². The molecule has 1 unspecified atom stereocenters. The van der Waals surface area contributed by atoms with E-state index in [-0.39, 0.29) is 43.4 Å². The first-order chi connectivity index (χ1) is 21.5. The molecule has 3 aromatic rings. The standard InChI is InChI=1S/C32H34N6O7/c1-19(36-30(41)26-15-25(17-38(26)32(43)44)23-8-5-9-24(14-23)28(34)39)29(40)35-16-20-10-12-22(13-11-20)27(33)37-31(42)45-18-21-6-3-2-4-7-21/h2-14,19,25-26H,15-18H2,1H3,(H2,34,39)(H,35,40)(H,36,41)(H,43,44)(H2,33,37,42)/t19?,25-,26-/m1/s1. The van der Waals surface area contributed by atoms with Crippen molar-refractivity contribution in [2.45, 2.75) is 44.5 Å². The minimum absolute atomic E-state index is 0.0497. The van der Waals surface area contributed by atoms with Gasteiger partial charge in [-0.1, -0.05) is 66.7 Å². The lowest BCUT2D eigenvalue weighted by Crippen LogP contribution is -2.51. The van der Waals surface area contributed by atoms with Crippen molar-refractivity contribution in [3.8, 4) is 0 Å². The molecule has 3 atom stereocenters. The van der Waals surface area contributed by atoms with Gasteiger partial charge in [-0.3, -0.25) is 30.0 Å². The number of carboxylic acid groups (broad SMARTS) is 1. The van der Waals surface area contributed by atoms with Crippen LogP contribution in [0, 0.1) is 5.41 Å². The average Bonchev–Trinajstić information content (AvgIpc) is 3.50. The molecule has 1 fully saturated rings. The molecule has 0 spiro atoms. The van der Waals surface area contributed by atoms with Crippen LogP contribution in [0.25, 0.3) is 0 Å². The summed E-state index contributed by atoms with van der Waals surface area (Å²) >= 11 is 0. The van der Waals surface area contributed by atoms with E-state index in [0.717, 1.165) is 10.5 Å². The van der Waals surface area contributed by atoms with Crippen LogP contribution in [-0.2, 0) is 27.5 Å².